The summed E-state index contributed by atoms with van der Waals surface area (Å²) in [6.07, 6.45) is 0.857. The van der Waals surface area contributed by atoms with Gasteiger partial charge in [-0.05, 0) is 42.2 Å². The van der Waals surface area contributed by atoms with E-state index in [1.165, 1.54) is 0 Å². The molecule has 1 aliphatic heterocycles. The molecule has 2 aromatic rings. The summed E-state index contributed by atoms with van der Waals surface area (Å²) in [5.41, 5.74) is 2.47. The van der Waals surface area contributed by atoms with Crippen LogP contribution in [0.15, 0.2) is 48.5 Å². The molecule has 5 nitrogen and oxygen atoms in total. The maximum atomic E-state index is 12.9. The molecule has 0 saturated heterocycles. The summed E-state index contributed by atoms with van der Waals surface area (Å²) in [5, 5.41) is 2.86. The van der Waals surface area contributed by atoms with Gasteiger partial charge in [0, 0.05) is 5.69 Å². The number of benzene rings is 2. The van der Waals surface area contributed by atoms with Crippen LogP contribution in [0.4, 0.5) is 5.69 Å². The molecule has 1 heterocycles. The van der Waals surface area contributed by atoms with Crippen LogP contribution in [0.3, 0.4) is 0 Å². The van der Waals surface area contributed by atoms with Crippen molar-refractivity contribution in [2.75, 3.05) is 5.32 Å². The van der Waals surface area contributed by atoms with Gasteiger partial charge >= 0.3 is 0 Å². The number of hydrogen-bond donors (Lipinski definition) is 1. The summed E-state index contributed by atoms with van der Waals surface area (Å²) >= 11 is 0. The molecule has 0 radical (unpaired) electrons. The van der Waals surface area contributed by atoms with Gasteiger partial charge in [0.1, 0.15) is 6.04 Å². The third kappa shape index (κ3) is 3.12. The lowest BCUT2D eigenvalue weighted by molar-refractivity contribution is -0.121. The SMILES string of the molecule is CCc1cccc(NC(=O)[C@H](C(C)C)N2C(=O)c3ccccc3C2=O)c1. The molecule has 3 amide bonds. The highest BCUT2D eigenvalue weighted by Gasteiger charge is 2.43. The smallest absolute Gasteiger partial charge is 0.262 e. The van der Waals surface area contributed by atoms with Crippen molar-refractivity contribution in [1.29, 1.82) is 0 Å². The van der Waals surface area contributed by atoms with E-state index in [4.69, 9.17) is 0 Å². The highest BCUT2D eigenvalue weighted by molar-refractivity contribution is 6.23. The minimum Gasteiger partial charge on any atom is -0.324 e. The molecule has 2 aromatic carbocycles. The van der Waals surface area contributed by atoms with Crippen molar-refractivity contribution in [3.8, 4) is 0 Å². The van der Waals surface area contributed by atoms with Crippen LogP contribution < -0.4 is 5.32 Å². The first-order valence-corrected chi connectivity index (χ1v) is 8.80. The number of anilines is 1. The zero-order chi connectivity index (χ0) is 18.8. The Bertz CT molecular complexity index is 838. The number of hydrogen-bond acceptors (Lipinski definition) is 3. The topological polar surface area (TPSA) is 66.5 Å². The Balaban J connectivity index is 1.89. The molecule has 0 aliphatic carbocycles. The number of carbonyl (C=O) groups is 3. The predicted octanol–water partition coefficient (Wildman–Crippen LogP) is 3.51. The molecule has 0 saturated carbocycles. The summed E-state index contributed by atoms with van der Waals surface area (Å²) in [6.45, 7) is 5.70. The lowest BCUT2D eigenvalue weighted by atomic mass is 10.0. The van der Waals surface area contributed by atoms with Crippen LogP contribution in [0.2, 0.25) is 0 Å². The molecule has 0 bridgehead atoms. The molecule has 0 aromatic heterocycles. The number of nitrogens with zero attached hydrogens (tertiary/aromatic N) is 1. The summed E-state index contributed by atoms with van der Waals surface area (Å²) < 4.78 is 0. The van der Waals surface area contributed by atoms with E-state index in [0.717, 1.165) is 16.9 Å². The highest BCUT2D eigenvalue weighted by Crippen LogP contribution is 2.27. The van der Waals surface area contributed by atoms with E-state index >= 15 is 0 Å². The fraction of sp³-hybridized carbons (Fsp3) is 0.286. The number of imide groups is 1. The largest absolute Gasteiger partial charge is 0.324 e. The number of carbonyl (C=O) groups excluding carboxylic acids is 3. The molecule has 0 fully saturated rings. The summed E-state index contributed by atoms with van der Waals surface area (Å²) in [4.78, 5) is 39.5. The molecule has 1 atom stereocenters. The average molecular weight is 350 g/mol. The normalized spacial score (nSPS) is 14.5. The number of aryl methyl sites for hydroxylation is 1. The first-order chi connectivity index (χ1) is 12.4. The third-order valence-electron chi connectivity index (χ3n) is 4.61. The predicted molar refractivity (Wildman–Crippen MR) is 100 cm³/mol. The molecule has 1 N–H and O–H groups in total. The van der Waals surface area contributed by atoms with Gasteiger partial charge in [-0.3, -0.25) is 19.3 Å². The molecular weight excluding hydrogens is 328 g/mol. The monoisotopic (exact) mass is 350 g/mol. The van der Waals surface area contributed by atoms with Gasteiger partial charge in [0.15, 0.2) is 0 Å². The molecule has 0 spiro atoms. The second-order valence-corrected chi connectivity index (χ2v) is 6.76. The molecule has 0 unspecified atom stereocenters. The van der Waals surface area contributed by atoms with Crippen molar-refractivity contribution in [2.24, 2.45) is 5.92 Å². The van der Waals surface area contributed by atoms with Crippen LogP contribution in [0, 0.1) is 5.92 Å². The quantitative estimate of drug-likeness (QED) is 0.839. The van der Waals surface area contributed by atoms with E-state index in [1.54, 1.807) is 30.3 Å². The van der Waals surface area contributed by atoms with Crippen molar-refractivity contribution in [3.63, 3.8) is 0 Å². The Morgan fingerprint density at radius 3 is 2.15 bits per heavy atom. The molecule has 26 heavy (non-hydrogen) atoms. The van der Waals surface area contributed by atoms with Gasteiger partial charge < -0.3 is 5.32 Å². The fourth-order valence-corrected chi connectivity index (χ4v) is 3.26. The van der Waals surface area contributed by atoms with E-state index in [1.807, 2.05) is 39.0 Å². The van der Waals surface area contributed by atoms with Crippen LogP contribution in [-0.2, 0) is 11.2 Å². The molecule has 1 aliphatic rings. The van der Waals surface area contributed by atoms with Crippen LogP contribution in [0.1, 0.15) is 47.1 Å². The first-order valence-electron chi connectivity index (χ1n) is 8.80. The highest BCUT2D eigenvalue weighted by atomic mass is 16.2. The zero-order valence-corrected chi connectivity index (χ0v) is 15.2. The van der Waals surface area contributed by atoms with Gasteiger partial charge in [-0.15, -0.1) is 0 Å². The Morgan fingerprint density at radius 2 is 1.62 bits per heavy atom. The number of fused-ring (bicyclic) bond motifs is 1. The lowest BCUT2D eigenvalue weighted by Gasteiger charge is -2.28. The zero-order valence-electron chi connectivity index (χ0n) is 15.2. The van der Waals surface area contributed by atoms with Crippen LogP contribution in [0.5, 0.6) is 0 Å². The van der Waals surface area contributed by atoms with E-state index in [0.29, 0.717) is 16.8 Å². The number of amides is 3. The number of rotatable bonds is 5. The number of nitrogens with one attached hydrogen (secondary N) is 1. The maximum absolute atomic E-state index is 12.9. The van der Waals surface area contributed by atoms with Crippen LogP contribution in [0.25, 0.3) is 0 Å². The minimum atomic E-state index is -0.868. The van der Waals surface area contributed by atoms with Gasteiger partial charge in [0.25, 0.3) is 11.8 Å². The van der Waals surface area contributed by atoms with Crippen molar-refractivity contribution in [1.82, 2.24) is 4.90 Å². The average Bonchev–Trinajstić information content (AvgIpc) is 2.87. The fourth-order valence-electron chi connectivity index (χ4n) is 3.26. The lowest BCUT2D eigenvalue weighted by Crippen LogP contribution is -2.50. The molecule has 3 rings (SSSR count). The standard InChI is InChI=1S/C21H22N2O3/c1-4-14-8-7-9-15(12-14)22-19(24)18(13(2)3)23-20(25)16-10-5-6-11-17(16)21(23)26/h5-13,18H,4H2,1-3H3,(H,22,24)/t18-/m0/s1. The second kappa shape index (κ2) is 7.12. The van der Waals surface area contributed by atoms with E-state index in [9.17, 15) is 14.4 Å². The van der Waals surface area contributed by atoms with Gasteiger partial charge in [0.2, 0.25) is 5.91 Å². The molecule has 134 valence electrons. The van der Waals surface area contributed by atoms with Crippen molar-refractivity contribution in [2.45, 2.75) is 33.2 Å². The van der Waals surface area contributed by atoms with Crippen molar-refractivity contribution < 1.29 is 14.4 Å². The maximum Gasteiger partial charge on any atom is 0.262 e. The van der Waals surface area contributed by atoms with Crippen LogP contribution in [-0.4, -0.2) is 28.7 Å². The Morgan fingerprint density at radius 1 is 1.00 bits per heavy atom. The van der Waals surface area contributed by atoms with E-state index in [2.05, 4.69) is 5.32 Å². The van der Waals surface area contributed by atoms with E-state index < -0.39 is 17.9 Å². The molecular formula is C21H22N2O3. The Hall–Kier alpha value is -2.95. The molecule has 5 heteroatoms. The summed E-state index contributed by atoms with van der Waals surface area (Å²) in [7, 11) is 0. The minimum absolute atomic E-state index is 0.216. The van der Waals surface area contributed by atoms with Gasteiger partial charge in [-0.2, -0.15) is 0 Å². The summed E-state index contributed by atoms with van der Waals surface area (Å²) in [5.74, 6) is -1.40. The summed E-state index contributed by atoms with van der Waals surface area (Å²) in [6, 6.07) is 13.4. The van der Waals surface area contributed by atoms with Gasteiger partial charge in [0.05, 0.1) is 11.1 Å². The van der Waals surface area contributed by atoms with Crippen molar-refractivity contribution in [3.05, 3.63) is 65.2 Å². The first kappa shape index (κ1) is 17.9. The third-order valence-corrected chi connectivity index (χ3v) is 4.61. The Labute approximate surface area is 153 Å². The van der Waals surface area contributed by atoms with Gasteiger partial charge in [-0.1, -0.05) is 45.0 Å². The van der Waals surface area contributed by atoms with Crippen LogP contribution >= 0.6 is 0 Å². The van der Waals surface area contributed by atoms with Crippen molar-refractivity contribution >= 4 is 23.4 Å². The Kier molecular flexibility index (Phi) is 4.89. The van der Waals surface area contributed by atoms with Gasteiger partial charge in [-0.25, -0.2) is 0 Å². The van der Waals surface area contributed by atoms with E-state index in [-0.39, 0.29) is 11.8 Å². The second-order valence-electron chi connectivity index (χ2n) is 6.76.